The summed E-state index contributed by atoms with van der Waals surface area (Å²) in [5, 5.41) is 14.3. The largest absolute Gasteiger partial charge is 0.292 e. The number of carbonyl (C=O) groups excluding carboxylic acids is 1. The first kappa shape index (κ1) is 12.6. The van der Waals surface area contributed by atoms with E-state index in [-0.39, 0.29) is 5.91 Å². The molecule has 1 aromatic rings. The van der Waals surface area contributed by atoms with E-state index in [1.54, 1.807) is 0 Å². The van der Waals surface area contributed by atoms with Gasteiger partial charge in [0.1, 0.15) is 0 Å². The zero-order chi connectivity index (χ0) is 11.8. The van der Waals surface area contributed by atoms with Gasteiger partial charge in [-0.1, -0.05) is 31.8 Å². The van der Waals surface area contributed by atoms with Crippen LogP contribution in [0.2, 0.25) is 0 Å². The Bertz CT molecular complexity index is 323. The van der Waals surface area contributed by atoms with Crippen LogP contribution >= 0.6 is 0 Å². The lowest BCUT2D eigenvalue weighted by atomic mass is 10.2. The van der Waals surface area contributed by atoms with E-state index >= 15 is 0 Å². The van der Waals surface area contributed by atoms with Gasteiger partial charge < -0.3 is 0 Å². The lowest BCUT2D eigenvalue weighted by Gasteiger charge is -1.98. The van der Waals surface area contributed by atoms with Gasteiger partial charge in [0.15, 0.2) is 0 Å². The molecule has 0 bridgehead atoms. The average molecular weight is 225 g/mol. The SMILES string of the molecule is CCCCC(=O)Nc1nnn(CCCC)n1. The number of nitrogens with zero attached hydrogens (tertiary/aromatic N) is 4. The van der Waals surface area contributed by atoms with E-state index in [0.717, 1.165) is 32.2 Å². The average Bonchev–Trinajstić information content (AvgIpc) is 2.71. The van der Waals surface area contributed by atoms with E-state index in [2.05, 4.69) is 27.7 Å². The second-order valence-electron chi connectivity index (χ2n) is 3.71. The fourth-order valence-corrected chi connectivity index (χ4v) is 1.21. The minimum Gasteiger partial charge on any atom is -0.292 e. The number of aromatic nitrogens is 4. The summed E-state index contributed by atoms with van der Waals surface area (Å²) in [4.78, 5) is 12.9. The molecule has 0 saturated heterocycles. The summed E-state index contributed by atoms with van der Waals surface area (Å²) in [6, 6.07) is 0. The predicted octanol–water partition coefficient (Wildman–Crippen LogP) is 1.60. The van der Waals surface area contributed by atoms with Gasteiger partial charge in [-0.2, -0.15) is 4.80 Å². The predicted molar refractivity (Wildman–Crippen MR) is 60.9 cm³/mol. The highest BCUT2D eigenvalue weighted by Gasteiger charge is 2.06. The molecular formula is C10H19N5O. The first-order valence-electron chi connectivity index (χ1n) is 5.84. The van der Waals surface area contributed by atoms with Crippen LogP contribution in [-0.2, 0) is 11.3 Å². The number of amides is 1. The van der Waals surface area contributed by atoms with E-state index in [1.807, 2.05) is 6.92 Å². The summed E-state index contributed by atoms with van der Waals surface area (Å²) < 4.78 is 0. The number of unbranched alkanes of at least 4 members (excludes halogenated alkanes) is 2. The van der Waals surface area contributed by atoms with Crippen LogP contribution in [0, 0.1) is 0 Å². The Kier molecular flexibility index (Phi) is 5.45. The van der Waals surface area contributed by atoms with Crippen LogP contribution in [0.3, 0.4) is 0 Å². The summed E-state index contributed by atoms with van der Waals surface area (Å²) in [6.45, 7) is 4.89. The molecule has 0 spiro atoms. The first-order valence-corrected chi connectivity index (χ1v) is 5.84. The number of rotatable bonds is 7. The fourth-order valence-electron chi connectivity index (χ4n) is 1.21. The van der Waals surface area contributed by atoms with Crippen LogP contribution in [-0.4, -0.2) is 26.1 Å². The van der Waals surface area contributed by atoms with E-state index in [1.165, 1.54) is 4.80 Å². The highest BCUT2D eigenvalue weighted by Crippen LogP contribution is 2.00. The van der Waals surface area contributed by atoms with Crippen molar-refractivity contribution in [1.82, 2.24) is 20.2 Å². The van der Waals surface area contributed by atoms with Gasteiger partial charge in [-0.3, -0.25) is 10.1 Å². The number of aryl methyl sites for hydroxylation is 1. The minimum atomic E-state index is -0.0445. The molecule has 16 heavy (non-hydrogen) atoms. The molecule has 0 saturated carbocycles. The molecule has 0 aliphatic heterocycles. The lowest BCUT2D eigenvalue weighted by molar-refractivity contribution is -0.116. The molecule has 0 aliphatic rings. The molecule has 0 aliphatic carbocycles. The molecule has 0 atom stereocenters. The van der Waals surface area contributed by atoms with Crippen molar-refractivity contribution >= 4 is 11.9 Å². The number of anilines is 1. The number of hydrogen-bond donors (Lipinski definition) is 1. The van der Waals surface area contributed by atoms with Crippen molar-refractivity contribution in [3.05, 3.63) is 0 Å². The lowest BCUT2D eigenvalue weighted by Crippen LogP contribution is -2.12. The van der Waals surface area contributed by atoms with Gasteiger partial charge in [-0.05, 0) is 18.1 Å². The molecule has 1 aromatic heterocycles. The van der Waals surface area contributed by atoms with Gasteiger partial charge in [-0.15, -0.1) is 5.10 Å². The summed E-state index contributed by atoms with van der Waals surface area (Å²) in [6.07, 6.45) is 4.50. The first-order chi connectivity index (χ1) is 7.76. The van der Waals surface area contributed by atoms with Gasteiger partial charge in [0, 0.05) is 6.42 Å². The molecule has 1 N–H and O–H groups in total. The van der Waals surface area contributed by atoms with Crippen LogP contribution in [0.25, 0.3) is 0 Å². The summed E-state index contributed by atoms with van der Waals surface area (Å²) >= 11 is 0. The van der Waals surface area contributed by atoms with Crippen LogP contribution in [0.4, 0.5) is 5.95 Å². The van der Waals surface area contributed by atoms with Crippen molar-refractivity contribution in [1.29, 1.82) is 0 Å². The van der Waals surface area contributed by atoms with Gasteiger partial charge >= 0.3 is 0 Å². The number of nitrogens with one attached hydrogen (secondary N) is 1. The molecule has 6 nitrogen and oxygen atoms in total. The Morgan fingerprint density at radius 2 is 2.06 bits per heavy atom. The molecule has 6 heteroatoms. The molecule has 0 fully saturated rings. The van der Waals surface area contributed by atoms with E-state index in [9.17, 15) is 4.79 Å². The van der Waals surface area contributed by atoms with Gasteiger partial charge in [0.2, 0.25) is 5.91 Å². The second-order valence-corrected chi connectivity index (χ2v) is 3.71. The maximum Gasteiger partial charge on any atom is 0.270 e. The smallest absolute Gasteiger partial charge is 0.270 e. The normalized spacial score (nSPS) is 10.4. The van der Waals surface area contributed by atoms with Crippen molar-refractivity contribution in [2.75, 3.05) is 5.32 Å². The minimum absolute atomic E-state index is 0.0445. The van der Waals surface area contributed by atoms with Crippen LogP contribution in [0.1, 0.15) is 46.0 Å². The zero-order valence-electron chi connectivity index (χ0n) is 9.94. The van der Waals surface area contributed by atoms with Crippen molar-refractivity contribution in [2.45, 2.75) is 52.5 Å². The van der Waals surface area contributed by atoms with Gasteiger partial charge in [-0.25, -0.2) is 0 Å². The number of tetrazole rings is 1. The summed E-state index contributed by atoms with van der Waals surface area (Å²) in [7, 11) is 0. The quantitative estimate of drug-likeness (QED) is 0.765. The highest BCUT2D eigenvalue weighted by atomic mass is 16.1. The Morgan fingerprint density at radius 3 is 2.75 bits per heavy atom. The van der Waals surface area contributed by atoms with Gasteiger partial charge in [0.25, 0.3) is 5.95 Å². The van der Waals surface area contributed by atoms with Crippen LogP contribution < -0.4 is 5.32 Å². The Hall–Kier alpha value is -1.46. The summed E-state index contributed by atoms with van der Waals surface area (Å²) in [5.41, 5.74) is 0. The number of hydrogen-bond acceptors (Lipinski definition) is 4. The second kappa shape index (κ2) is 6.92. The molecule has 0 aromatic carbocycles. The molecular weight excluding hydrogens is 206 g/mol. The van der Waals surface area contributed by atoms with E-state index in [4.69, 9.17) is 0 Å². The third-order valence-corrected chi connectivity index (χ3v) is 2.17. The molecule has 0 radical (unpaired) electrons. The van der Waals surface area contributed by atoms with Crippen molar-refractivity contribution < 1.29 is 4.79 Å². The van der Waals surface area contributed by atoms with Gasteiger partial charge in [0.05, 0.1) is 6.54 Å². The third-order valence-electron chi connectivity index (χ3n) is 2.17. The maximum atomic E-state index is 11.4. The number of carbonyl (C=O) groups is 1. The Morgan fingerprint density at radius 1 is 1.31 bits per heavy atom. The molecule has 1 heterocycles. The van der Waals surface area contributed by atoms with E-state index < -0.39 is 0 Å². The maximum absolute atomic E-state index is 11.4. The standard InChI is InChI=1S/C10H19N5O/c1-3-5-7-9(16)11-10-12-14-15(13-10)8-6-4-2/h3-8H2,1-2H3,(H,11,13,16). The monoisotopic (exact) mass is 225 g/mol. The molecule has 1 rings (SSSR count). The fraction of sp³-hybridized carbons (Fsp3) is 0.800. The van der Waals surface area contributed by atoms with Crippen molar-refractivity contribution in [2.24, 2.45) is 0 Å². The van der Waals surface area contributed by atoms with Crippen LogP contribution in [0.5, 0.6) is 0 Å². The zero-order valence-corrected chi connectivity index (χ0v) is 9.94. The third kappa shape index (κ3) is 4.37. The van der Waals surface area contributed by atoms with Crippen LogP contribution in [0.15, 0.2) is 0 Å². The Labute approximate surface area is 95.4 Å². The topological polar surface area (TPSA) is 72.7 Å². The van der Waals surface area contributed by atoms with E-state index in [0.29, 0.717) is 12.4 Å². The van der Waals surface area contributed by atoms with Crippen molar-refractivity contribution in [3.8, 4) is 0 Å². The van der Waals surface area contributed by atoms with Crippen molar-refractivity contribution in [3.63, 3.8) is 0 Å². The Balaban J connectivity index is 2.36. The highest BCUT2D eigenvalue weighted by molar-refractivity contribution is 5.88. The molecule has 0 unspecified atom stereocenters. The summed E-state index contributed by atoms with van der Waals surface area (Å²) in [5.74, 6) is 0.258. The molecule has 1 amide bonds. The molecule has 90 valence electrons.